The van der Waals surface area contributed by atoms with Gasteiger partial charge in [0, 0.05) is 13.5 Å². The summed E-state index contributed by atoms with van der Waals surface area (Å²) in [7, 11) is 1.98. The van der Waals surface area contributed by atoms with Crippen LogP contribution in [-0.4, -0.2) is 21.3 Å². The van der Waals surface area contributed by atoms with Gasteiger partial charge in [-0.25, -0.2) is 4.98 Å². The lowest BCUT2D eigenvalue weighted by molar-refractivity contribution is 0.172. The highest BCUT2D eigenvalue weighted by Crippen LogP contribution is 2.37. The summed E-state index contributed by atoms with van der Waals surface area (Å²) in [6.45, 7) is 3.11. The van der Waals surface area contributed by atoms with Gasteiger partial charge >= 0.3 is 0 Å². The van der Waals surface area contributed by atoms with Crippen molar-refractivity contribution in [2.45, 2.75) is 45.4 Å². The second-order valence-electron chi connectivity index (χ2n) is 5.73. The van der Waals surface area contributed by atoms with E-state index in [0.29, 0.717) is 11.8 Å². The maximum Gasteiger partial charge on any atom is 0.138 e. The van der Waals surface area contributed by atoms with E-state index in [4.69, 9.17) is 5.73 Å². The molecule has 0 aromatic carbocycles. The summed E-state index contributed by atoms with van der Waals surface area (Å²) in [6.07, 6.45) is 9.34. The molecule has 0 bridgehead atoms. The highest BCUT2D eigenvalue weighted by Gasteiger charge is 2.30. The molecule has 2 N–H and O–H groups in total. The third-order valence-corrected chi connectivity index (χ3v) is 4.50. The summed E-state index contributed by atoms with van der Waals surface area (Å²) in [4.78, 5) is 4.36. The van der Waals surface area contributed by atoms with Crippen LogP contribution in [0.2, 0.25) is 0 Å². The topological polar surface area (TPSA) is 56.7 Å². The van der Waals surface area contributed by atoms with Crippen molar-refractivity contribution in [1.82, 2.24) is 14.8 Å². The molecule has 3 atom stereocenters. The minimum absolute atomic E-state index is 0.676. The van der Waals surface area contributed by atoms with Gasteiger partial charge in [-0.05, 0) is 37.1 Å². The van der Waals surface area contributed by atoms with Crippen LogP contribution < -0.4 is 5.73 Å². The highest BCUT2D eigenvalue weighted by molar-refractivity contribution is 4.91. The lowest BCUT2D eigenvalue weighted by Crippen LogP contribution is -2.32. The SMILES string of the molecule is CCCC1CCC(CN)C(Cc2ncnn2C)C1. The molecular formula is C14H26N4. The van der Waals surface area contributed by atoms with E-state index in [9.17, 15) is 0 Å². The Morgan fingerprint density at radius 3 is 2.83 bits per heavy atom. The van der Waals surface area contributed by atoms with E-state index in [0.717, 1.165) is 24.7 Å². The molecule has 1 aliphatic carbocycles. The quantitative estimate of drug-likeness (QED) is 0.871. The third kappa shape index (κ3) is 3.10. The lowest BCUT2D eigenvalue weighted by Gasteiger charge is -2.35. The molecule has 0 spiro atoms. The van der Waals surface area contributed by atoms with Gasteiger partial charge in [0.05, 0.1) is 0 Å². The number of nitrogens with zero attached hydrogens (tertiary/aromatic N) is 3. The molecule has 0 radical (unpaired) electrons. The molecule has 1 saturated carbocycles. The molecule has 1 fully saturated rings. The van der Waals surface area contributed by atoms with Crippen molar-refractivity contribution in [1.29, 1.82) is 0 Å². The zero-order chi connectivity index (χ0) is 13.0. The molecule has 4 nitrogen and oxygen atoms in total. The molecule has 102 valence electrons. The van der Waals surface area contributed by atoms with Crippen molar-refractivity contribution in [3.63, 3.8) is 0 Å². The van der Waals surface area contributed by atoms with Crippen molar-refractivity contribution in [2.75, 3.05) is 6.54 Å². The monoisotopic (exact) mass is 250 g/mol. The van der Waals surface area contributed by atoms with Gasteiger partial charge in [0.2, 0.25) is 0 Å². The van der Waals surface area contributed by atoms with E-state index < -0.39 is 0 Å². The Labute approximate surface area is 110 Å². The fourth-order valence-corrected chi connectivity index (χ4v) is 3.39. The first-order chi connectivity index (χ1) is 8.74. The Bertz CT molecular complexity index is 360. The minimum atomic E-state index is 0.676. The van der Waals surface area contributed by atoms with Crippen LogP contribution in [0.25, 0.3) is 0 Å². The van der Waals surface area contributed by atoms with Crippen LogP contribution in [0.5, 0.6) is 0 Å². The van der Waals surface area contributed by atoms with Crippen LogP contribution in [0.4, 0.5) is 0 Å². The lowest BCUT2D eigenvalue weighted by atomic mass is 9.71. The molecule has 2 rings (SSSR count). The highest BCUT2D eigenvalue weighted by atomic mass is 15.3. The predicted octanol–water partition coefficient (Wildman–Crippen LogP) is 2.15. The molecule has 18 heavy (non-hydrogen) atoms. The van der Waals surface area contributed by atoms with E-state index in [1.165, 1.54) is 32.1 Å². The molecular weight excluding hydrogens is 224 g/mol. The molecule has 1 heterocycles. The summed E-state index contributed by atoms with van der Waals surface area (Å²) < 4.78 is 1.90. The Hall–Kier alpha value is -0.900. The van der Waals surface area contributed by atoms with E-state index in [1.54, 1.807) is 6.33 Å². The zero-order valence-electron chi connectivity index (χ0n) is 11.7. The van der Waals surface area contributed by atoms with Crippen molar-refractivity contribution in [3.05, 3.63) is 12.2 Å². The maximum absolute atomic E-state index is 5.94. The normalized spacial score (nSPS) is 28.5. The van der Waals surface area contributed by atoms with E-state index in [-0.39, 0.29) is 0 Å². The molecule has 4 heteroatoms. The van der Waals surface area contributed by atoms with Crippen LogP contribution in [0.15, 0.2) is 6.33 Å². The fraction of sp³-hybridized carbons (Fsp3) is 0.857. The molecule has 0 saturated heterocycles. The summed E-state index contributed by atoms with van der Waals surface area (Å²) in [5.74, 6) is 3.38. The number of rotatable bonds is 5. The smallest absolute Gasteiger partial charge is 0.138 e. The molecule has 0 amide bonds. The van der Waals surface area contributed by atoms with Crippen molar-refractivity contribution in [2.24, 2.45) is 30.5 Å². The van der Waals surface area contributed by atoms with Gasteiger partial charge in [-0.3, -0.25) is 4.68 Å². The first kappa shape index (κ1) is 13.5. The van der Waals surface area contributed by atoms with E-state index in [1.807, 2.05) is 11.7 Å². The zero-order valence-corrected chi connectivity index (χ0v) is 11.7. The number of aryl methyl sites for hydroxylation is 1. The first-order valence-corrected chi connectivity index (χ1v) is 7.27. The Morgan fingerprint density at radius 2 is 2.22 bits per heavy atom. The van der Waals surface area contributed by atoms with Crippen molar-refractivity contribution >= 4 is 0 Å². The van der Waals surface area contributed by atoms with Crippen molar-refractivity contribution in [3.8, 4) is 0 Å². The second kappa shape index (κ2) is 6.32. The van der Waals surface area contributed by atoms with Gasteiger partial charge in [-0.1, -0.05) is 26.2 Å². The van der Waals surface area contributed by atoms with E-state index >= 15 is 0 Å². The average molecular weight is 250 g/mol. The second-order valence-corrected chi connectivity index (χ2v) is 5.73. The molecule has 1 aromatic rings. The van der Waals surface area contributed by atoms with Gasteiger partial charge < -0.3 is 5.73 Å². The fourth-order valence-electron chi connectivity index (χ4n) is 3.39. The van der Waals surface area contributed by atoms with Crippen LogP contribution in [0.1, 0.15) is 44.9 Å². The predicted molar refractivity (Wildman–Crippen MR) is 73.0 cm³/mol. The third-order valence-electron chi connectivity index (χ3n) is 4.50. The van der Waals surface area contributed by atoms with Crippen LogP contribution >= 0.6 is 0 Å². The summed E-state index contributed by atoms with van der Waals surface area (Å²) in [5, 5.41) is 4.16. The van der Waals surface area contributed by atoms with E-state index in [2.05, 4.69) is 17.0 Å². The number of hydrogen-bond acceptors (Lipinski definition) is 3. The minimum Gasteiger partial charge on any atom is -0.330 e. The Morgan fingerprint density at radius 1 is 1.39 bits per heavy atom. The average Bonchev–Trinajstić information content (AvgIpc) is 2.76. The number of nitrogens with two attached hydrogens (primary N) is 1. The van der Waals surface area contributed by atoms with Crippen LogP contribution in [-0.2, 0) is 13.5 Å². The molecule has 3 unspecified atom stereocenters. The van der Waals surface area contributed by atoms with Crippen LogP contribution in [0.3, 0.4) is 0 Å². The summed E-state index contributed by atoms with van der Waals surface area (Å²) >= 11 is 0. The number of aromatic nitrogens is 3. The molecule has 1 aromatic heterocycles. The van der Waals surface area contributed by atoms with Gasteiger partial charge in [0.25, 0.3) is 0 Å². The van der Waals surface area contributed by atoms with Gasteiger partial charge in [0.1, 0.15) is 12.2 Å². The molecule has 1 aliphatic rings. The summed E-state index contributed by atoms with van der Waals surface area (Å²) in [6, 6.07) is 0. The molecule has 0 aliphatic heterocycles. The van der Waals surface area contributed by atoms with Gasteiger partial charge in [-0.2, -0.15) is 5.10 Å². The Kier molecular flexibility index (Phi) is 4.75. The van der Waals surface area contributed by atoms with Gasteiger partial charge in [-0.15, -0.1) is 0 Å². The first-order valence-electron chi connectivity index (χ1n) is 7.27. The Balaban J connectivity index is 2.00. The standard InChI is InChI=1S/C14H26N4/c1-3-4-11-5-6-12(9-15)13(7-11)8-14-16-10-17-18(14)2/h10-13H,3-9,15H2,1-2H3. The van der Waals surface area contributed by atoms with Gasteiger partial charge in [0.15, 0.2) is 0 Å². The largest absolute Gasteiger partial charge is 0.330 e. The number of hydrogen-bond donors (Lipinski definition) is 1. The van der Waals surface area contributed by atoms with Crippen molar-refractivity contribution < 1.29 is 0 Å². The van der Waals surface area contributed by atoms with Crippen LogP contribution in [0, 0.1) is 17.8 Å². The maximum atomic E-state index is 5.94. The summed E-state index contributed by atoms with van der Waals surface area (Å²) in [5.41, 5.74) is 5.94.